The highest BCUT2D eigenvalue weighted by molar-refractivity contribution is 5.73. The minimum atomic E-state index is 0.706. The van der Waals surface area contributed by atoms with Gasteiger partial charge in [0.1, 0.15) is 7.05 Å². The molecular weight excluding hydrogens is 288 g/mol. The molecule has 0 bridgehead atoms. The highest BCUT2D eigenvalue weighted by Gasteiger charge is 2.18. The van der Waals surface area contributed by atoms with E-state index in [0.29, 0.717) is 5.88 Å². The minimum absolute atomic E-state index is 0.706. The second-order valence-electron chi connectivity index (χ2n) is 5.53. The lowest BCUT2D eigenvalue weighted by molar-refractivity contribution is -0.652. The van der Waals surface area contributed by atoms with Gasteiger partial charge in [-0.25, -0.2) is 0 Å². The van der Waals surface area contributed by atoms with Gasteiger partial charge in [0, 0.05) is 5.56 Å². The molecule has 4 nitrogen and oxygen atoms in total. The number of benzene rings is 2. The number of hydrogen-bond donors (Lipinski definition) is 1. The number of rotatable bonds is 2. The van der Waals surface area contributed by atoms with E-state index in [2.05, 4.69) is 22.9 Å². The molecule has 0 amide bonds. The Morgan fingerprint density at radius 3 is 2.78 bits per heavy atom. The molecule has 1 aliphatic heterocycles. The molecule has 0 saturated heterocycles. The number of oxazole rings is 1. The van der Waals surface area contributed by atoms with Crippen LogP contribution in [0.2, 0.25) is 0 Å². The van der Waals surface area contributed by atoms with Crippen LogP contribution in [0.5, 0.6) is 5.75 Å². The first-order valence-corrected chi connectivity index (χ1v) is 7.53. The number of para-hydroxylation sites is 3. The molecule has 0 fully saturated rings. The fourth-order valence-corrected chi connectivity index (χ4v) is 2.81. The highest BCUT2D eigenvalue weighted by Crippen LogP contribution is 2.32. The number of fused-ring (bicyclic) bond motifs is 2. The maximum atomic E-state index is 5.89. The first-order valence-electron chi connectivity index (χ1n) is 7.53. The maximum absolute atomic E-state index is 5.89. The molecule has 0 spiro atoms. The fraction of sp³-hybridized carbons (Fsp3) is 0.105. The summed E-state index contributed by atoms with van der Waals surface area (Å²) >= 11 is 0. The van der Waals surface area contributed by atoms with Crippen LogP contribution in [0.4, 0.5) is 5.69 Å². The van der Waals surface area contributed by atoms with Crippen molar-refractivity contribution in [3.63, 3.8) is 0 Å². The van der Waals surface area contributed by atoms with Gasteiger partial charge in [-0.15, -0.1) is 0 Å². The Hall–Kier alpha value is -3.01. The second kappa shape index (κ2) is 5.32. The van der Waals surface area contributed by atoms with Crippen LogP contribution in [0, 0.1) is 6.92 Å². The fourth-order valence-electron chi connectivity index (χ4n) is 2.81. The Morgan fingerprint density at radius 2 is 1.96 bits per heavy atom. The quantitative estimate of drug-likeness (QED) is 0.729. The average Bonchev–Trinajstić information content (AvgIpc) is 3.09. The van der Waals surface area contributed by atoms with Crippen molar-refractivity contribution in [2.75, 3.05) is 5.32 Å². The van der Waals surface area contributed by atoms with Crippen LogP contribution in [0.25, 0.3) is 17.2 Å². The van der Waals surface area contributed by atoms with E-state index in [-0.39, 0.29) is 0 Å². The average molecular weight is 305 g/mol. The number of aryl methyl sites for hydroxylation is 2. The molecule has 0 aliphatic carbocycles. The number of ether oxygens (including phenoxy) is 1. The molecular formula is C19H17N2O2+. The van der Waals surface area contributed by atoms with E-state index in [4.69, 9.17) is 9.15 Å². The standard InChI is InChI=1S/C19H16N2O2/c1-13-7-5-10-16-19(13)21(2)18(23-16)12-6-11-17-20-14-8-3-4-9-15(14)22-17/h3-12H,1-2H3/p+1. The monoisotopic (exact) mass is 305 g/mol. The minimum Gasteiger partial charge on any atom is -0.439 e. The van der Waals surface area contributed by atoms with Crippen molar-refractivity contribution >= 4 is 22.9 Å². The third-order valence-electron chi connectivity index (χ3n) is 3.93. The van der Waals surface area contributed by atoms with E-state index >= 15 is 0 Å². The molecule has 23 heavy (non-hydrogen) atoms. The van der Waals surface area contributed by atoms with Crippen LogP contribution < -0.4 is 14.6 Å². The van der Waals surface area contributed by atoms with E-state index in [1.54, 1.807) is 0 Å². The van der Waals surface area contributed by atoms with Gasteiger partial charge in [-0.05, 0) is 37.3 Å². The van der Waals surface area contributed by atoms with Crippen molar-refractivity contribution in [3.05, 3.63) is 72.0 Å². The summed E-state index contributed by atoms with van der Waals surface area (Å²) in [5.74, 6) is 2.34. The highest BCUT2D eigenvalue weighted by atomic mass is 16.5. The first-order chi connectivity index (χ1) is 11.2. The Labute approximate surface area is 134 Å². The lowest BCUT2D eigenvalue weighted by atomic mass is 10.2. The zero-order chi connectivity index (χ0) is 15.8. The lowest BCUT2D eigenvalue weighted by Gasteiger charge is -1.94. The van der Waals surface area contributed by atoms with Crippen LogP contribution in [0.3, 0.4) is 0 Å². The van der Waals surface area contributed by atoms with E-state index in [1.807, 2.05) is 61.7 Å². The summed E-state index contributed by atoms with van der Waals surface area (Å²) in [7, 11) is 2.01. The number of nitrogens with zero attached hydrogens (tertiary/aromatic N) is 1. The van der Waals surface area contributed by atoms with Crippen LogP contribution in [-0.2, 0) is 7.05 Å². The van der Waals surface area contributed by atoms with Crippen LogP contribution in [0.15, 0.2) is 64.9 Å². The van der Waals surface area contributed by atoms with E-state index in [1.165, 1.54) is 5.56 Å². The largest absolute Gasteiger partial charge is 0.439 e. The van der Waals surface area contributed by atoms with Gasteiger partial charge in [0.25, 0.3) is 5.52 Å². The molecule has 0 saturated carbocycles. The van der Waals surface area contributed by atoms with Gasteiger partial charge >= 0.3 is 5.89 Å². The Bertz CT molecular complexity index is 924. The molecule has 1 N–H and O–H groups in total. The first kappa shape index (κ1) is 13.6. The summed E-state index contributed by atoms with van der Waals surface area (Å²) < 4.78 is 13.7. The van der Waals surface area contributed by atoms with Crippen molar-refractivity contribution in [1.82, 2.24) is 0 Å². The zero-order valence-electron chi connectivity index (χ0n) is 13.0. The second-order valence-corrected chi connectivity index (χ2v) is 5.53. The van der Waals surface area contributed by atoms with Gasteiger partial charge in [-0.3, -0.25) is 0 Å². The summed E-state index contributed by atoms with van der Waals surface area (Å²) in [6, 6.07) is 13.9. The molecule has 114 valence electrons. The third-order valence-corrected chi connectivity index (χ3v) is 3.93. The van der Waals surface area contributed by atoms with E-state index < -0.39 is 0 Å². The summed E-state index contributed by atoms with van der Waals surface area (Å²) in [4.78, 5) is 0. The molecule has 4 rings (SSSR count). The van der Waals surface area contributed by atoms with E-state index in [0.717, 1.165) is 28.4 Å². The number of hydrogen-bond acceptors (Lipinski definition) is 3. The SMILES string of the molecule is Cc1cccc2oc(C=CC=C3Nc4ccccc4O3)[n+](C)c12. The van der Waals surface area contributed by atoms with Gasteiger partial charge in [0.2, 0.25) is 5.58 Å². The van der Waals surface area contributed by atoms with Crippen molar-refractivity contribution in [3.8, 4) is 5.75 Å². The molecule has 4 heteroatoms. The van der Waals surface area contributed by atoms with Crippen LogP contribution >= 0.6 is 0 Å². The Balaban J connectivity index is 1.60. The van der Waals surface area contributed by atoms with Crippen molar-refractivity contribution in [2.45, 2.75) is 6.92 Å². The molecule has 1 aromatic heterocycles. The van der Waals surface area contributed by atoms with E-state index in [9.17, 15) is 0 Å². The Kier molecular flexibility index (Phi) is 3.15. The molecule has 2 heterocycles. The number of nitrogens with one attached hydrogen (secondary N) is 1. The van der Waals surface area contributed by atoms with Gasteiger partial charge in [-0.2, -0.15) is 4.57 Å². The van der Waals surface area contributed by atoms with Crippen LogP contribution in [0.1, 0.15) is 11.5 Å². The Morgan fingerprint density at radius 1 is 1.09 bits per heavy atom. The van der Waals surface area contributed by atoms with Crippen molar-refractivity contribution in [2.24, 2.45) is 7.05 Å². The number of allylic oxidation sites excluding steroid dienone is 2. The molecule has 2 aromatic carbocycles. The van der Waals surface area contributed by atoms with Gasteiger partial charge < -0.3 is 14.5 Å². The smallest absolute Gasteiger partial charge is 0.373 e. The number of anilines is 1. The molecule has 0 radical (unpaired) electrons. The van der Waals surface area contributed by atoms with Gasteiger partial charge in [-0.1, -0.05) is 24.3 Å². The molecule has 0 atom stereocenters. The molecule has 3 aromatic rings. The molecule has 1 aliphatic rings. The van der Waals surface area contributed by atoms with Crippen molar-refractivity contribution < 1.29 is 13.7 Å². The summed E-state index contributed by atoms with van der Waals surface area (Å²) in [5.41, 5.74) is 4.19. The van der Waals surface area contributed by atoms with Crippen LogP contribution in [-0.4, -0.2) is 0 Å². The molecule has 0 unspecified atom stereocenters. The zero-order valence-corrected chi connectivity index (χ0v) is 13.0. The predicted molar refractivity (Wildman–Crippen MR) is 89.9 cm³/mol. The number of aromatic nitrogens is 1. The maximum Gasteiger partial charge on any atom is 0.373 e. The summed E-state index contributed by atoms with van der Waals surface area (Å²) in [5, 5.41) is 3.22. The predicted octanol–water partition coefficient (Wildman–Crippen LogP) is 3.92. The topological polar surface area (TPSA) is 38.3 Å². The lowest BCUT2D eigenvalue weighted by Crippen LogP contribution is -2.29. The summed E-state index contributed by atoms with van der Waals surface area (Å²) in [6.07, 6.45) is 5.74. The normalized spacial score (nSPS) is 15.1. The van der Waals surface area contributed by atoms with Gasteiger partial charge in [0.05, 0.1) is 11.8 Å². The van der Waals surface area contributed by atoms with Gasteiger partial charge in [0.15, 0.2) is 11.6 Å². The third kappa shape index (κ3) is 2.38. The summed E-state index contributed by atoms with van der Waals surface area (Å²) in [6.45, 7) is 2.08. The van der Waals surface area contributed by atoms with Crippen molar-refractivity contribution in [1.29, 1.82) is 0 Å².